The number of aromatic amines is 1. The number of halogens is 1. The van der Waals surface area contributed by atoms with E-state index < -0.39 is 0 Å². The number of aromatic nitrogens is 2. The molecule has 0 atom stereocenters. The van der Waals surface area contributed by atoms with Crippen molar-refractivity contribution in [3.8, 4) is 0 Å². The van der Waals surface area contributed by atoms with Crippen molar-refractivity contribution in [2.75, 3.05) is 5.32 Å². The summed E-state index contributed by atoms with van der Waals surface area (Å²) in [6.07, 6.45) is 1.84. The van der Waals surface area contributed by atoms with Gasteiger partial charge in [0.15, 0.2) is 0 Å². The van der Waals surface area contributed by atoms with Crippen LogP contribution < -0.4 is 10.6 Å². The summed E-state index contributed by atoms with van der Waals surface area (Å²) in [5.74, 6) is 0. The van der Waals surface area contributed by atoms with Crippen LogP contribution in [0.4, 0.5) is 5.69 Å². The highest BCUT2D eigenvalue weighted by molar-refractivity contribution is 6.31. The first-order valence-corrected chi connectivity index (χ1v) is 7.35. The predicted molar refractivity (Wildman–Crippen MR) is 85.4 cm³/mol. The molecule has 106 valence electrons. The van der Waals surface area contributed by atoms with Gasteiger partial charge in [-0.1, -0.05) is 17.7 Å². The van der Waals surface area contributed by atoms with Crippen molar-refractivity contribution in [3.05, 3.63) is 58.2 Å². The van der Waals surface area contributed by atoms with E-state index >= 15 is 0 Å². The molecule has 0 saturated heterocycles. The zero-order valence-corrected chi connectivity index (χ0v) is 12.2. The van der Waals surface area contributed by atoms with Crippen molar-refractivity contribution in [3.63, 3.8) is 0 Å². The third kappa shape index (κ3) is 2.37. The van der Waals surface area contributed by atoms with E-state index in [9.17, 15) is 0 Å². The number of rotatable bonds is 3. The molecule has 0 bridgehead atoms. The summed E-state index contributed by atoms with van der Waals surface area (Å²) < 4.78 is 0. The molecule has 0 saturated carbocycles. The maximum atomic E-state index is 6.16. The number of nitrogens with one attached hydrogen (secondary N) is 3. The van der Waals surface area contributed by atoms with Gasteiger partial charge in [-0.2, -0.15) is 5.10 Å². The summed E-state index contributed by atoms with van der Waals surface area (Å²) in [5, 5.41) is 15.7. The van der Waals surface area contributed by atoms with Crippen LogP contribution in [0.2, 0.25) is 5.02 Å². The molecular formula is C16H15ClN4. The Kier molecular flexibility index (Phi) is 3.05. The molecule has 2 heterocycles. The average molecular weight is 299 g/mol. The maximum absolute atomic E-state index is 6.16. The Morgan fingerprint density at radius 2 is 2.05 bits per heavy atom. The molecule has 0 amide bonds. The predicted octanol–water partition coefficient (Wildman–Crippen LogP) is 3.43. The first-order valence-electron chi connectivity index (χ1n) is 6.97. The zero-order valence-electron chi connectivity index (χ0n) is 11.4. The van der Waals surface area contributed by atoms with Crippen LogP contribution in [0.5, 0.6) is 0 Å². The van der Waals surface area contributed by atoms with E-state index in [2.05, 4.69) is 39.0 Å². The fourth-order valence-electron chi connectivity index (χ4n) is 2.83. The molecule has 0 unspecified atom stereocenters. The lowest BCUT2D eigenvalue weighted by Crippen LogP contribution is -2.01. The maximum Gasteiger partial charge on any atom is 0.0668 e. The first kappa shape index (κ1) is 12.7. The van der Waals surface area contributed by atoms with E-state index in [-0.39, 0.29) is 0 Å². The lowest BCUT2D eigenvalue weighted by molar-refractivity contribution is 0.765. The first-order chi connectivity index (χ1) is 10.3. The van der Waals surface area contributed by atoms with E-state index in [0.717, 1.165) is 46.8 Å². The van der Waals surface area contributed by atoms with Gasteiger partial charge < -0.3 is 10.6 Å². The number of hydrogen-bond donors (Lipinski definition) is 3. The Morgan fingerprint density at radius 3 is 3.00 bits per heavy atom. The molecule has 0 radical (unpaired) electrons. The van der Waals surface area contributed by atoms with E-state index in [1.54, 1.807) is 0 Å². The molecule has 21 heavy (non-hydrogen) atoms. The second-order valence-corrected chi connectivity index (χ2v) is 5.77. The second-order valence-electron chi connectivity index (χ2n) is 5.34. The number of nitrogens with zero attached hydrogens (tertiary/aromatic N) is 1. The van der Waals surface area contributed by atoms with Gasteiger partial charge >= 0.3 is 0 Å². The Balaban J connectivity index is 1.59. The summed E-state index contributed by atoms with van der Waals surface area (Å²) in [6, 6.07) is 10.4. The third-order valence-electron chi connectivity index (χ3n) is 3.93. The Labute approximate surface area is 127 Å². The lowest BCUT2D eigenvalue weighted by Gasteiger charge is -2.09. The normalized spacial score (nSPS) is 13.6. The molecule has 1 aliphatic rings. The van der Waals surface area contributed by atoms with Crippen molar-refractivity contribution in [2.24, 2.45) is 0 Å². The van der Waals surface area contributed by atoms with Crippen molar-refractivity contribution >= 4 is 28.2 Å². The van der Waals surface area contributed by atoms with Crippen LogP contribution in [-0.4, -0.2) is 10.2 Å². The molecular weight excluding hydrogens is 284 g/mol. The van der Waals surface area contributed by atoms with E-state index in [4.69, 9.17) is 11.6 Å². The molecule has 1 aromatic heterocycles. The highest BCUT2D eigenvalue weighted by Gasteiger charge is 2.10. The van der Waals surface area contributed by atoms with Crippen LogP contribution in [-0.2, 0) is 19.6 Å². The lowest BCUT2D eigenvalue weighted by atomic mass is 10.1. The van der Waals surface area contributed by atoms with Crippen molar-refractivity contribution in [1.29, 1.82) is 0 Å². The molecule has 0 aliphatic carbocycles. The summed E-state index contributed by atoms with van der Waals surface area (Å²) in [7, 11) is 0. The minimum atomic E-state index is 0.724. The summed E-state index contributed by atoms with van der Waals surface area (Å²) in [6.45, 7) is 2.65. The van der Waals surface area contributed by atoms with Crippen LogP contribution in [0.25, 0.3) is 10.9 Å². The topological polar surface area (TPSA) is 52.7 Å². The van der Waals surface area contributed by atoms with E-state index in [0.29, 0.717) is 0 Å². The standard InChI is InChI=1S/C16H15ClN4/c17-13-3-12(15-9-20-21-16(15)5-13)8-19-14-2-1-10-6-18-7-11(10)4-14/h1-5,9,18-19H,6-8H2,(H,20,21). The number of H-pyrrole nitrogens is 1. The Morgan fingerprint density at radius 1 is 1.14 bits per heavy atom. The van der Waals surface area contributed by atoms with Gasteiger partial charge in [0, 0.05) is 35.7 Å². The Bertz CT molecular complexity index is 809. The van der Waals surface area contributed by atoms with Crippen molar-refractivity contribution < 1.29 is 0 Å². The van der Waals surface area contributed by atoms with E-state index in [1.165, 1.54) is 11.1 Å². The summed E-state index contributed by atoms with van der Waals surface area (Å²) >= 11 is 6.16. The number of anilines is 1. The van der Waals surface area contributed by atoms with Crippen LogP contribution >= 0.6 is 11.6 Å². The molecule has 5 heteroatoms. The molecule has 4 rings (SSSR count). The summed E-state index contributed by atoms with van der Waals surface area (Å²) in [5.41, 5.74) is 6.01. The monoisotopic (exact) mass is 298 g/mol. The van der Waals surface area contributed by atoms with Gasteiger partial charge in [-0.15, -0.1) is 0 Å². The Hall–Kier alpha value is -2.04. The van der Waals surface area contributed by atoms with Crippen LogP contribution in [0.1, 0.15) is 16.7 Å². The third-order valence-corrected chi connectivity index (χ3v) is 4.15. The van der Waals surface area contributed by atoms with Gasteiger partial charge in [-0.25, -0.2) is 0 Å². The summed E-state index contributed by atoms with van der Waals surface area (Å²) in [4.78, 5) is 0. The van der Waals surface area contributed by atoms with Crippen molar-refractivity contribution in [2.45, 2.75) is 19.6 Å². The highest BCUT2D eigenvalue weighted by Crippen LogP contribution is 2.24. The van der Waals surface area contributed by atoms with Crippen LogP contribution in [0.15, 0.2) is 36.5 Å². The fourth-order valence-corrected chi connectivity index (χ4v) is 3.07. The molecule has 0 spiro atoms. The quantitative estimate of drug-likeness (QED) is 0.694. The molecule has 4 nitrogen and oxygen atoms in total. The number of benzene rings is 2. The highest BCUT2D eigenvalue weighted by atomic mass is 35.5. The van der Waals surface area contributed by atoms with Crippen LogP contribution in [0, 0.1) is 0 Å². The molecule has 0 fully saturated rings. The number of hydrogen-bond acceptors (Lipinski definition) is 3. The SMILES string of the molecule is Clc1cc(CNc2ccc3c(c2)CNC3)c2cn[nH]c2c1. The van der Waals surface area contributed by atoms with Gasteiger partial charge in [0.2, 0.25) is 0 Å². The average Bonchev–Trinajstić information content (AvgIpc) is 3.12. The second kappa shape index (κ2) is 5.06. The number of fused-ring (bicyclic) bond motifs is 2. The van der Waals surface area contributed by atoms with Gasteiger partial charge in [-0.3, -0.25) is 5.10 Å². The zero-order chi connectivity index (χ0) is 14.2. The fraction of sp³-hybridized carbons (Fsp3) is 0.188. The minimum absolute atomic E-state index is 0.724. The van der Waals surface area contributed by atoms with Crippen molar-refractivity contribution in [1.82, 2.24) is 15.5 Å². The largest absolute Gasteiger partial charge is 0.381 e. The molecule has 3 aromatic rings. The molecule has 3 N–H and O–H groups in total. The van der Waals surface area contributed by atoms with Gasteiger partial charge in [0.05, 0.1) is 11.7 Å². The molecule has 1 aliphatic heterocycles. The van der Waals surface area contributed by atoms with Gasteiger partial charge in [-0.05, 0) is 41.0 Å². The van der Waals surface area contributed by atoms with Crippen LogP contribution in [0.3, 0.4) is 0 Å². The van der Waals surface area contributed by atoms with Gasteiger partial charge in [0.25, 0.3) is 0 Å². The smallest absolute Gasteiger partial charge is 0.0668 e. The van der Waals surface area contributed by atoms with E-state index in [1.807, 2.05) is 18.3 Å². The van der Waals surface area contributed by atoms with Gasteiger partial charge in [0.1, 0.15) is 0 Å². The molecule has 2 aromatic carbocycles. The minimum Gasteiger partial charge on any atom is -0.381 e.